The number of rotatable bonds is 2. The molecule has 0 heterocycles. The number of benzene rings is 1. The van der Waals surface area contributed by atoms with E-state index in [9.17, 15) is 9.90 Å². The summed E-state index contributed by atoms with van der Waals surface area (Å²) in [6.45, 7) is 5.23. The van der Waals surface area contributed by atoms with Gasteiger partial charge in [0, 0.05) is 0 Å². The molecule has 0 aliphatic carbocycles. The van der Waals surface area contributed by atoms with Crippen molar-refractivity contribution in [3.05, 3.63) is 18.2 Å². The second-order valence-electron chi connectivity index (χ2n) is 4.45. The zero-order valence-corrected chi connectivity index (χ0v) is 9.90. The van der Waals surface area contributed by atoms with Gasteiger partial charge in [0.15, 0.2) is 11.5 Å². The van der Waals surface area contributed by atoms with Crippen molar-refractivity contribution in [1.29, 1.82) is 0 Å². The molecular weight excluding hydrogens is 208 g/mol. The van der Waals surface area contributed by atoms with Gasteiger partial charge in [-0.05, 0) is 32.9 Å². The van der Waals surface area contributed by atoms with Crippen molar-refractivity contribution in [2.45, 2.75) is 20.8 Å². The molecule has 0 atom stereocenters. The van der Waals surface area contributed by atoms with E-state index >= 15 is 0 Å². The van der Waals surface area contributed by atoms with Crippen LogP contribution in [0.15, 0.2) is 18.2 Å². The zero-order valence-electron chi connectivity index (χ0n) is 9.90. The van der Waals surface area contributed by atoms with Crippen LogP contribution in [0.3, 0.4) is 0 Å². The zero-order chi connectivity index (χ0) is 12.3. The van der Waals surface area contributed by atoms with E-state index in [-0.39, 0.29) is 17.2 Å². The fraction of sp³-hybridized carbons (Fsp3) is 0.417. The standard InChI is InChI=1S/C12H16O4/c1-12(2,3)11(14)16-9-7-5-6-8(15-4)10(9)13/h5-7,13H,1-4H3. The monoisotopic (exact) mass is 224 g/mol. The molecule has 1 aromatic carbocycles. The highest BCUT2D eigenvalue weighted by Gasteiger charge is 2.25. The number of hydrogen-bond donors (Lipinski definition) is 1. The third-order valence-corrected chi connectivity index (χ3v) is 2.00. The topological polar surface area (TPSA) is 55.8 Å². The van der Waals surface area contributed by atoms with Crippen LogP contribution in [0.4, 0.5) is 0 Å². The van der Waals surface area contributed by atoms with E-state index in [0.717, 1.165) is 0 Å². The third-order valence-electron chi connectivity index (χ3n) is 2.00. The largest absolute Gasteiger partial charge is 0.502 e. The van der Waals surface area contributed by atoms with E-state index in [4.69, 9.17) is 9.47 Å². The quantitative estimate of drug-likeness (QED) is 0.619. The summed E-state index contributed by atoms with van der Waals surface area (Å²) >= 11 is 0. The number of para-hydroxylation sites is 1. The summed E-state index contributed by atoms with van der Waals surface area (Å²) in [6.07, 6.45) is 0. The number of methoxy groups -OCH3 is 1. The Balaban J connectivity index is 2.94. The van der Waals surface area contributed by atoms with Gasteiger partial charge < -0.3 is 14.6 Å². The Labute approximate surface area is 94.8 Å². The van der Waals surface area contributed by atoms with Gasteiger partial charge in [0.25, 0.3) is 0 Å². The molecule has 0 spiro atoms. The molecule has 1 N–H and O–H groups in total. The molecule has 0 saturated carbocycles. The molecule has 4 nitrogen and oxygen atoms in total. The first-order valence-electron chi connectivity index (χ1n) is 4.94. The summed E-state index contributed by atoms with van der Waals surface area (Å²) in [5.41, 5.74) is -0.616. The number of ether oxygens (including phenoxy) is 2. The summed E-state index contributed by atoms with van der Waals surface area (Å²) in [7, 11) is 1.43. The van der Waals surface area contributed by atoms with Crippen molar-refractivity contribution in [3.8, 4) is 17.2 Å². The first-order valence-corrected chi connectivity index (χ1v) is 4.94. The normalized spacial score (nSPS) is 11.0. The fourth-order valence-corrected chi connectivity index (χ4v) is 1.00. The average Bonchev–Trinajstić information content (AvgIpc) is 2.19. The van der Waals surface area contributed by atoms with Gasteiger partial charge in [-0.1, -0.05) is 6.07 Å². The van der Waals surface area contributed by atoms with Crippen molar-refractivity contribution >= 4 is 5.97 Å². The average molecular weight is 224 g/mol. The molecule has 1 rings (SSSR count). The molecular formula is C12H16O4. The lowest BCUT2D eigenvalue weighted by molar-refractivity contribution is -0.143. The van der Waals surface area contributed by atoms with Crippen LogP contribution < -0.4 is 9.47 Å². The van der Waals surface area contributed by atoms with Crippen LogP contribution >= 0.6 is 0 Å². The molecule has 16 heavy (non-hydrogen) atoms. The molecule has 0 aliphatic heterocycles. The van der Waals surface area contributed by atoms with Crippen LogP contribution in [0, 0.1) is 5.41 Å². The smallest absolute Gasteiger partial charge is 0.316 e. The van der Waals surface area contributed by atoms with Crippen molar-refractivity contribution in [3.63, 3.8) is 0 Å². The molecule has 0 aromatic heterocycles. The first kappa shape index (κ1) is 12.4. The van der Waals surface area contributed by atoms with Crippen LogP contribution in [0.1, 0.15) is 20.8 Å². The predicted molar refractivity (Wildman–Crippen MR) is 59.7 cm³/mol. The van der Waals surface area contributed by atoms with Gasteiger partial charge in [-0.3, -0.25) is 4.79 Å². The number of phenols is 1. The number of carbonyl (C=O) groups is 1. The lowest BCUT2D eigenvalue weighted by Gasteiger charge is -2.17. The van der Waals surface area contributed by atoms with E-state index in [1.54, 1.807) is 32.9 Å². The first-order chi connectivity index (χ1) is 7.36. The maximum Gasteiger partial charge on any atom is 0.316 e. The van der Waals surface area contributed by atoms with Crippen LogP contribution in [-0.2, 0) is 4.79 Å². The fourth-order valence-electron chi connectivity index (χ4n) is 1.00. The second kappa shape index (κ2) is 4.43. The van der Waals surface area contributed by atoms with Gasteiger partial charge in [-0.2, -0.15) is 0 Å². The molecule has 0 bridgehead atoms. The summed E-state index contributed by atoms with van der Waals surface area (Å²) in [5, 5.41) is 9.70. The highest BCUT2D eigenvalue weighted by atomic mass is 16.5. The molecule has 0 saturated heterocycles. The lowest BCUT2D eigenvalue weighted by Crippen LogP contribution is -2.25. The van der Waals surface area contributed by atoms with Gasteiger partial charge in [0.2, 0.25) is 5.75 Å². The van der Waals surface area contributed by atoms with Crippen molar-refractivity contribution < 1.29 is 19.4 Å². The minimum atomic E-state index is -0.616. The van der Waals surface area contributed by atoms with Crippen molar-refractivity contribution in [2.24, 2.45) is 5.41 Å². The molecule has 0 unspecified atom stereocenters. The highest BCUT2D eigenvalue weighted by molar-refractivity contribution is 5.78. The molecule has 4 heteroatoms. The van der Waals surface area contributed by atoms with E-state index in [1.165, 1.54) is 13.2 Å². The van der Waals surface area contributed by atoms with E-state index in [0.29, 0.717) is 0 Å². The van der Waals surface area contributed by atoms with E-state index in [1.807, 2.05) is 0 Å². The summed E-state index contributed by atoms with van der Waals surface area (Å²) in [4.78, 5) is 11.6. The third kappa shape index (κ3) is 2.66. The van der Waals surface area contributed by atoms with Crippen LogP contribution in [0.25, 0.3) is 0 Å². The highest BCUT2D eigenvalue weighted by Crippen LogP contribution is 2.36. The maximum absolute atomic E-state index is 11.6. The van der Waals surface area contributed by atoms with Crippen LogP contribution in [-0.4, -0.2) is 18.2 Å². The molecule has 0 aliphatic rings. The van der Waals surface area contributed by atoms with Crippen LogP contribution in [0.5, 0.6) is 17.2 Å². The number of carbonyl (C=O) groups excluding carboxylic acids is 1. The summed E-state index contributed by atoms with van der Waals surface area (Å²) in [5.74, 6) is -0.183. The Morgan fingerprint density at radius 2 is 1.81 bits per heavy atom. The van der Waals surface area contributed by atoms with Crippen LogP contribution in [0.2, 0.25) is 0 Å². The molecule has 0 radical (unpaired) electrons. The van der Waals surface area contributed by atoms with Gasteiger partial charge in [-0.25, -0.2) is 0 Å². The number of aromatic hydroxyl groups is 1. The lowest BCUT2D eigenvalue weighted by atomic mass is 9.97. The van der Waals surface area contributed by atoms with E-state index in [2.05, 4.69) is 0 Å². The number of phenolic OH excluding ortho intramolecular Hbond substituents is 1. The minimum absolute atomic E-state index is 0.110. The Morgan fingerprint density at radius 1 is 1.25 bits per heavy atom. The van der Waals surface area contributed by atoms with Gasteiger partial charge in [-0.15, -0.1) is 0 Å². The van der Waals surface area contributed by atoms with Gasteiger partial charge in [0.1, 0.15) is 0 Å². The Hall–Kier alpha value is -1.71. The second-order valence-corrected chi connectivity index (χ2v) is 4.45. The van der Waals surface area contributed by atoms with Crippen molar-refractivity contribution in [1.82, 2.24) is 0 Å². The van der Waals surface area contributed by atoms with Gasteiger partial charge >= 0.3 is 5.97 Å². The SMILES string of the molecule is COc1cccc(OC(=O)C(C)(C)C)c1O. The number of esters is 1. The Bertz CT molecular complexity index is 390. The van der Waals surface area contributed by atoms with Crippen molar-refractivity contribution in [2.75, 3.05) is 7.11 Å². The maximum atomic E-state index is 11.6. The molecule has 0 fully saturated rings. The minimum Gasteiger partial charge on any atom is -0.502 e. The number of hydrogen-bond acceptors (Lipinski definition) is 4. The molecule has 0 amide bonds. The summed E-state index contributed by atoms with van der Waals surface area (Å²) < 4.78 is 9.99. The Kier molecular flexibility index (Phi) is 3.42. The molecule has 1 aromatic rings. The van der Waals surface area contributed by atoms with E-state index < -0.39 is 11.4 Å². The van der Waals surface area contributed by atoms with Gasteiger partial charge in [0.05, 0.1) is 12.5 Å². The molecule has 88 valence electrons. The predicted octanol–water partition coefficient (Wildman–Crippen LogP) is 2.35. The Morgan fingerprint density at radius 3 is 2.31 bits per heavy atom. The summed E-state index contributed by atoms with van der Waals surface area (Å²) in [6, 6.07) is 4.75.